The predicted octanol–water partition coefficient (Wildman–Crippen LogP) is 0.558. The second kappa shape index (κ2) is 2.71. The highest BCUT2D eigenvalue weighted by molar-refractivity contribution is 5.85. The van der Waals surface area contributed by atoms with Crippen LogP contribution in [0.3, 0.4) is 0 Å². The molecule has 4 heteroatoms. The van der Waals surface area contributed by atoms with Crippen LogP contribution in [-0.4, -0.2) is 23.5 Å². The van der Waals surface area contributed by atoms with Gasteiger partial charge in [-0.05, 0) is 12.8 Å². The third kappa shape index (κ3) is 1.46. The Labute approximate surface area is 65.0 Å². The average molecular weight is 157 g/mol. The van der Waals surface area contributed by atoms with Crippen molar-refractivity contribution in [3.05, 3.63) is 5.21 Å². The Morgan fingerprint density at radius 1 is 1.18 bits per heavy atom. The molecule has 0 aromatic heterocycles. The van der Waals surface area contributed by atoms with Gasteiger partial charge >= 0.3 is 11.8 Å². The van der Waals surface area contributed by atoms with E-state index < -0.39 is 16.5 Å². The molecule has 1 heterocycles. The summed E-state index contributed by atoms with van der Waals surface area (Å²) in [7, 11) is 1.12. The lowest BCUT2D eigenvalue weighted by atomic mass is 10.2. The van der Waals surface area contributed by atoms with Crippen LogP contribution in [0.2, 0.25) is 0 Å². The van der Waals surface area contributed by atoms with Gasteiger partial charge in [-0.2, -0.15) is 0 Å². The third-order valence-electron chi connectivity index (χ3n) is 1.98. The minimum atomic E-state index is -1.31. The van der Waals surface area contributed by atoms with Gasteiger partial charge in [-0.15, -0.1) is 0 Å². The van der Waals surface area contributed by atoms with E-state index in [-0.39, 0.29) is 12.8 Å². The van der Waals surface area contributed by atoms with Crippen LogP contribution in [0.1, 0.15) is 25.7 Å². The SMILES string of the molecule is C[N+]1([O-])C(=O)CCCCC1=O. The summed E-state index contributed by atoms with van der Waals surface area (Å²) in [4.78, 5) is 22.0. The zero-order valence-corrected chi connectivity index (χ0v) is 6.50. The topological polar surface area (TPSA) is 57.2 Å². The van der Waals surface area contributed by atoms with E-state index in [1.165, 1.54) is 0 Å². The first-order valence-corrected chi connectivity index (χ1v) is 3.69. The highest BCUT2D eigenvalue weighted by atomic mass is 16.6. The Balaban J connectivity index is 2.84. The lowest BCUT2D eigenvalue weighted by Crippen LogP contribution is -2.47. The third-order valence-corrected chi connectivity index (χ3v) is 1.98. The largest absolute Gasteiger partial charge is 0.618 e. The van der Waals surface area contributed by atoms with Crippen LogP contribution in [0, 0.1) is 5.21 Å². The molecule has 1 aliphatic heterocycles. The molecule has 11 heavy (non-hydrogen) atoms. The van der Waals surface area contributed by atoms with E-state index in [2.05, 4.69) is 0 Å². The number of quaternary nitrogens is 1. The number of likely N-dealkylation sites (tertiary alicyclic amines) is 1. The van der Waals surface area contributed by atoms with Gasteiger partial charge in [0.25, 0.3) is 0 Å². The van der Waals surface area contributed by atoms with Crippen molar-refractivity contribution in [3.63, 3.8) is 0 Å². The van der Waals surface area contributed by atoms with Gasteiger partial charge in [-0.25, -0.2) is 14.2 Å². The van der Waals surface area contributed by atoms with Crippen LogP contribution in [-0.2, 0) is 9.59 Å². The molecule has 0 aromatic rings. The molecular formula is C7H11NO3. The van der Waals surface area contributed by atoms with Crippen LogP contribution < -0.4 is 0 Å². The van der Waals surface area contributed by atoms with E-state index >= 15 is 0 Å². The van der Waals surface area contributed by atoms with Crippen molar-refractivity contribution in [1.29, 1.82) is 0 Å². The maximum absolute atomic E-state index is 11.2. The second-order valence-corrected chi connectivity index (χ2v) is 2.92. The fourth-order valence-corrected chi connectivity index (χ4v) is 1.12. The van der Waals surface area contributed by atoms with Crippen LogP contribution >= 0.6 is 0 Å². The number of imide groups is 1. The van der Waals surface area contributed by atoms with Crippen molar-refractivity contribution in [2.24, 2.45) is 0 Å². The fraction of sp³-hybridized carbons (Fsp3) is 0.714. The second-order valence-electron chi connectivity index (χ2n) is 2.92. The maximum atomic E-state index is 11.2. The molecule has 0 saturated carbocycles. The quantitative estimate of drug-likeness (QED) is 0.293. The minimum absolute atomic E-state index is 0.242. The van der Waals surface area contributed by atoms with Gasteiger partial charge in [0.1, 0.15) is 0 Å². The average Bonchev–Trinajstić information content (AvgIpc) is 2.03. The van der Waals surface area contributed by atoms with Gasteiger partial charge < -0.3 is 5.21 Å². The number of nitrogens with zero attached hydrogens (tertiary/aromatic N) is 1. The van der Waals surface area contributed by atoms with Crippen molar-refractivity contribution < 1.29 is 14.2 Å². The Hall–Kier alpha value is -0.740. The summed E-state index contributed by atoms with van der Waals surface area (Å²) in [5, 5.41) is 11.2. The van der Waals surface area contributed by atoms with Crippen molar-refractivity contribution >= 4 is 11.8 Å². The molecular weight excluding hydrogens is 146 g/mol. The number of rotatable bonds is 0. The first-order valence-electron chi connectivity index (χ1n) is 3.69. The van der Waals surface area contributed by atoms with Gasteiger partial charge in [0.2, 0.25) is 0 Å². The lowest BCUT2D eigenvalue weighted by molar-refractivity contribution is -0.703. The zero-order chi connectivity index (χ0) is 8.48. The molecule has 0 atom stereocenters. The number of amides is 2. The molecule has 4 nitrogen and oxygen atoms in total. The summed E-state index contributed by atoms with van der Waals surface area (Å²) >= 11 is 0. The van der Waals surface area contributed by atoms with Crippen LogP contribution in [0.5, 0.6) is 0 Å². The Kier molecular flexibility index (Phi) is 2.06. The van der Waals surface area contributed by atoms with Crippen molar-refractivity contribution in [2.45, 2.75) is 25.7 Å². The molecule has 0 aromatic carbocycles. The minimum Gasteiger partial charge on any atom is -0.618 e. The van der Waals surface area contributed by atoms with Gasteiger partial charge in [0.05, 0.1) is 19.9 Å². The molecule has 0 aliphatic carbocycles. The van der Waals surface area contributed by atoms with Crippen LogP contribution in [0.25, 0.3) is 0 Å². The predicted molar refractivity (Wildman–Crippen MR) is 38.0 cm³/mol. The highest BCUT2D eigenvalue weighted by Crippen LogP contribution is 2.16. The molecule has 0 radical (unpaired) electrons. The number of carbonyl (C=O) groups excluding carboxylic acids is 2. The van der Waals surface area contributed by atoms with Crippen molar-refractivity contribution in [3.8, 4) is 0 Å². The van der Waals surface area contributed by atoms with Crippen LogP contribution in [0.15, 0.2) is 0 Å². The summed E-state index contributed by atoms with van der Waals surface area (Å²) in [5.74, 6) is -1.01. The highest BCUT2D eigenvalue weighted by Gasteiger charge is 2.32. The number of hydroxylamine groups is 3. The number of carbonyl (C=O) groups is 2. The Morgan fingerprint density at radius 2 is 1.55 bits per heavy atom. The standard InChI is InChI=1S/C7H11NO3/c1-8(11)6(9)4-2-3-5-7(8)10/h2-5H2,1H3. The van der Waals surface area contributed by atoms with E-state index in [1.54, 1.807) is 0 Å². The molecule has 1 saturated heterocycles. The Morgan fingerprint density at radius 3 is 1.91 bits per heavy atom. The summed E-state index contributed by atoms with van der Waals surface area (Å²) in [6.45, 7) is 0. The molecule has 0 spiro atoms. The molecule has 1 fully saturated rings. The molecule has 0 unspecified atom stereocenters. The summed E-state index contributed by atoms with van der Waals surface area (Å²) < 4.78 is -1.31. The summed E-state index contributed by atoms with van der Waals surface area (Å²) in [5.41, 5.74) is 0. The number of hydrogen-bond acceptors (Lipinski definition) is 3. The fourth-order valence-electron chi connectivity index (χ4n) is 1.12. The maximum Gasteiger partial charge on any atom is 0.320 e. The smallest absolute Gasteiger partial charge is 0.320 e. The van der Waals surface area contributed by atoms with E-state index in [4.69, 9.17) is 0 Å². The lowest BCUT2D eigenvalue weighted by Gasteiger charge is -2.30. The summed E-state index contributed by atoms with van der Waals surface area (Å²) in [6, 6.07) is 0. The molecule has 0 N–H and O–H groups in total. The zero-order valence-electron chi connectivity index (χ0n) is 6.50. The Bertz CT molecular complexity index is 178. The van der Waals surface area contributed by atoms with Crippen molar-refractivity contribution in [1.82, 2.24) is 0 Å². The van der Waals surface area contributed by atoms with Crippen molar-refractivity contribution in [2.75, 3.05) is 7.05 Å². The van der Waals surface area contributed by atoms with E-state index in [0.29, 0.717) is 12.8 Å². The van der Waals surface area contributed by atoms with E-state index in [0.717, 1.165) is 7.05 Å². The number of hydrogen-bond donors (Lipinski definition) is 0. The molecule has 1 aliphatic rings. The van der Waals surface area contributed by atoms with Gasteiger partial charge in [-0.1, -0.05) is 0 Å². The monoisotopic (exact) mass is 157 g/mol. The van der Waals surface area contributed by atoms with E-state index in [9.17, 15) is 14.8 Å². The van der Waals surface area contributed by atoms with E-state index in [1.807, 2.05) is 0 Å². The first kappa shape index (κ1) is 8.36. The molecule has 62 valence electrons. The summed E-state index contributed by atoms with van der Waals surface area (Å²) in [6.07, 6.45) is 1.82. The van der Waals surface area contributed by atoms with Crippen LogP contribution in [0.4, 0.5) is 0 Å². The molecule has 0 bridgehead atoms. The molecule has 2 amide bonds. The van der Waals surface area contributed by atoms with Gasteiger partial charge in [0.15, 0.2) is 0 Å². The first-order chi connectivity index (χ1) is 5.05. The van der Waals surface area contributed by atoms with Gasteiger partial charge in [-0.3, -0.25) is 0 Å². The molecule has 1 rings (SSSR count). The normalized spacial score (nSPS) is 24.9. The van der Waals surface area contributed by atoms with Gasteiger partial charge in [0, 0.05) is 0 Å².